The van der Waals surface area contributed by atoms with Crippen LogP contribution in [0.25, 0.3) is 0 Å². The molecule has 0 aromatic heterocycles. The Hall–Kier alpha value is -0.610. The average Bonchev–Trinajstić information content (AvgIpc) is 2.16. The van der Waals surface area contributed by atoms with Crippen molar-refractivity contribution < 1.29 is 9.90 Å². The van der Waals surface area contributed by atoms with Gasteiger partial charge in [-0.3, -0.25) is 4.79 Å². The molecule has 14 heavy (non-hydrogen) atoms. The Bertz CT molecular complexity index is 170. The Balaban J connectivity index is 3.53. The summed E-state index contributed by atoms with van der Waals surface area (Å²) in [6.45, 7) is 7.68. The fraction of sp³-hybridized carbons (Fsp3) is 0.900. The van der Waals surface area contributed by atoms with E-state index in [1.54, 1.807) is 0 Å². The van der Waals surface area contributed by atoms with Crippen molar-refractivity contribution in [3.63, 3.8) is 0 Å². The van der Waals surface area contributed by atoms with Gasteiger partial charge in [-0.25, -0.2) is 0 Å². The van der Waals surface area contributed by atoms with Gasteiger partial charge in [0.05, 0.1) is 6.54 Å². The predicted molar refractivity (Wildman–Crippen MR) is 57.0 cm³/mol. The fourth-order valence-corrected chi connectivity index (χ4v) is 0.835. The minimum Gasteiger partial charge on any atom is -0.396 e. The molecule has 0 saturated carbocycles. The summed E-state index contributed by atoms with van der Waals surface area (Å²) in [5, 5.41) is 14.7. The molecule has 0 aliphatic heterocycles. The van der Waals surface area contributed by atoms with E-state index in [0.29, 0.717) is 13.1 Å². The highest BCUT2D eigenvalue weighted by atomic mass is 16.3. The molecule has 4 heteroatoms. The maximum atomic E-state index is 11.2. The van der Waals surface area contributed by atoms with Gasteiger partial charge < -0.3 is 15.7 Å². The van der Waals surface area contributed by atoms with Crippen molar-refractivity contribution in [3.8, 4) is 0 Å². The minimum atomic E-state index is -0.236. The molecule has 0 heterocycles. The number of hydrogen-bond donors (Lipinski definition) is 3. The Labute approximate surface area is 86.1 Å². The smallest absolute Gasteiger partial charge is 0.233 e. The molecule has 0 aliphatic carbocycles. The quantitative estimate of drug-likeness (QED) is 0.514. The summed E-state index contributed by atoms with van der Waals surface area (Å²) in [6, 6.07) is 0. The summed E-state index contributed by atoms with van der Waals surface area (Å²) in [7, 11) is 0. The lowest BCUT2D eigenvalue weighted by atomic mass is 9.95. The van der Waals surface area contributed by atoms with E-state index in [1.807, 2.05) is 13.8 Å². The molecule has 0 spiro atoms. The van der Waals surface area contributed by atoms with Crippen LogP contribution in [-0.4, -0.2) is 37.3 Å². The maximum Gasteiger partial charge on any atom is 0.233 e. The molecule has 0 fully saturated rings. The maximum absolute atomic E-state index is 11.2. The Morgan fingerprint density at radius 3 is 2.57 bits per heavy atom. The molecule has 0 aromatic rings. The average molecular weight is 202 g/mol. The summed E-state index contributed by atoms with van der Waals surface area (Å²) in [4.78, 5) is 11.2. The number of aliphatic hydroxyl groups excluding tert-OH is 1. The van der Waals surface area contributed by atoms with Crippen LogP contribution in [0.15, 0.2) is 0 Å². The second-order valence-corrected chi connectivity index (χ2v) is 4.28. The van der Waals surface area contributed by atoms with Crippen molar-refractivity contribution >= 4 is 5.91 Å². The third-order valence-electron chi connectivity index (χ3n) is 1.90. The van der Waals surface area contributed by atoms with Gasteiger partial charge in [0.2, 0.25) is 5.91 Å². The first kappa shape index (κ1) is 13.4. The van der Waals surface area contributed by atoms with Gasteiger partial charge in [-0.15, -0.1) is 0 Å². The van der Waals surface area contributed by atoms with Crippen molar-refractivity contribution in [1.29, 1.82) is 0 Å². The second kappa shape index (κ2) is 6.79. The van der Waals surface area contributed by atoms with E-state index in [9.17, 15) is 4.79 Å². The van der Waals surface area contributed by atoms with Crippen LogP contribution in [0.3, 0.4) is 0 Å². The van der Waals surface area contributed by atoms with Crippen LogP contribution in [0, 0.1) is 5.41 Å². The predicted octanol–water partition coefficient (Wildman–Crippen LogP) is 0.121. The van der Waals surface area contributed by atoms with Crippen LogP contribution in [0.4, 0.5) is 0 Å². The van der Waals surface area contributed by atoms with E-state index in [0.717, 1.165) is 13.0 Å². The monoisotopic (exact) mass is 202 g/mol. The zero-order chi connectivity index (χ0) is 11.0. The molecule has 1 amide bonds. The summed E-state index contributed by atoms with van der Waals surface area (Å²) < 4.78 is 0. The number of aliphatic hydroxyl groups is 1. The molecule has 0 saturated heterocycles. The summed E-state index contributed by atoms with van der Waals surface area (Å²) in [6.07, 6.45) is 1.02. The number of carbonyl (C=O) groups is 1. The lowest BCUT2D eigenvalue weighted by Gasteiger charge is -2.21. The van der Waals surface area contributed by atoms with E-state index < -0.39 is 0 Å². The first-order valence-electron chi connectivity index (χ1n) is 5.10. The highest BCUT2D eigenvalue weighted by molar-refractivity contribution is 5.77. The highest BCUT2D eigenvalue weighted by Gasteiger charge is 2.16. The van der Waals surface area contributed by atoms with E-state index in [2.05, 4.69) is 17.6 Å². The van der Waals surface area contributed by atoms with Crippen LogP contribution in [0.5, 0.6) is 0 Å². The topological polar surface area (TPSA) is 61.4 Å². The van der Waals surface area contributed by atoms with Crippen LogP contribution >= 0.6 is 0 Å². The Morgan fingerprint density at radius 2 is 2.07 bits per heavy atom. The molecule has 0 radical (unpaired) electrons. The van der Waals surface area contributed by atoms with Gasteiger partial charge in [0.15, 0.2) is 0 Å². The molecule has 0 unspecified atom stereocenters. The first-order valence-corrected chi connectivity index (χ1v) is 5.10. The van der Waals surface area contributed by atoms with Crippen LogP contribution in [0.1, 0.15) is 27.2 Å². The summed E-state index contributed by atoms with van der Waals surface area (Å²) in [5.41, 5.74) is -0.236. The van der Waals surface area contributed by atoms with E-state index in [1.165, 1.54) is 0 Å². The third-order valence-corrected chi connectivity index (χ3v) is 1.90. The zero-order valence-electron chi connectivity index (χ0n) is 9.39. The number of amides is 1. The lowest BCUT2D eigenvalue weighted by Crippen LogP contribution is -2.40. The first-order chi connectivity index (χ1) is 6.52. The number of nitrogens with one attached hydrogen (secondary N) is 2. The summed E-state index contributed by atoms with van der Waals surface area (Å²) >= 11 is 0. The standard InChI is InChI=1S/C10H22N2O2/c1-4-5-11-6-9(14)12-7-10(2,3)8-13/h11,13H,4-8H2,1-3H3,(H,12,14). The van der Waals surface area contributed by atoms with Gasteiger partial charge in [-0.1, -0.05) is 20.8 Å². The van der Waals surface area contributed by atoms with Gasteiger partial charge in [-0.2, -0.15) is 0 Å². The number of carbonyl (C=O) groups excluding carboxylic acids is 1. The molecule has 0 atom stereocenters. The molecule has 3 N–H and O–H groups in total. The SMILES string of the molecule is CCCNCC(=O)NCC(C)(C)CO. The zero-order valence-corrected chi connectivity index (χ0v) is 9.39. The highest BCUT2D eigenvalue weighted by Crippen LogP contribution is 2.10. The van der Waals surface area contributed by atoms with Crippen molar-refractivity contribution in [1.82, 2.24) is 10.6 Å². The van der Waals surface area contributed by atoms with E-state index in [4.69, 9.17) is 5.11 Å². The molecule has 0 bridgehead atoms. The van der Waals surface area contributed by atoms with Crippen LogP contribution in [-0.2, 0) is 4.79 Å². The largest absolute Gasteiger partial charge is 0.396 e. The fourth-order valence-electron chi connectivity index (χ4n) is 0.835. The van der Waals surface area contributed by atoms with Gasteiger partial charge in [0.25, 0.3) is 0 Å². The van der Waals surface area contributed by atoms with Crippen LogP contribution in [0.2, 0.25) is 0 Å². The van der Waals surface area contributed by atoms with Crippen molar-refractivity contribution in [2.24, 2.45) is 5.41 Å². The minimum absolute atomic E-state index is 0.0139. The summed E-state index contributed by atoms with van der Waals surface area (Å²) in [5.74, 6) is -0.0139. The van der Waals surface area contributed by atoms with Crippen molar-refractivity contribution in [2.45, 2.75) is 27.2 Å². The molecular formula is C10H22N2O2. The molecule has 84 valence electrons. The van der Waals surface area contributed by atoms with Gasteiger partial charge in [-0.05, 0) is 13.0 Å². The van der Waals surface area contributed by atoms with Gasteiger partial charge in [0.1, 0.15) is 0 Å². The number of rotatable bonds is 7. The van der Waals surface area contributed by atoms with Crippen LogP contribution < -0.4 is 10.6 Å². The number of hydrogen-bond acceptors (Lipinski definition) is 3. The van der Waals surface area contributed by atoms with E-state index >= 15 is 0 Å². The van der Waals surface area contributed by atoms with Crippen molar-refractivity contribution in [3.05, 3.63) is 0 Å². The van der Waals surface area contributed by atoms with Gasteiger partial charge in [0, 0.05) is 18.6 Å². The second-order valence-electron chi connectivity index (χ2n) is 4.28. The molecule has 0 aromatic carbocycles. The molecule has 0 rings (SSSR count). The normalized spacial score (nSPS) is 11.4. The molecule has 0 aliphatic rings. The molecular weight excluding hydrogens is 180 g/mol. The lowest BCUT2D eigenvalue weighted by molar-refractivity contribution is -0.120. The van der Waals surface area contributed by atoms with Gasteiger partial charge >= 0.3 is 0 Å². The third kappa shape index (κ3) is 6.86. The van der Waals surface area contributed by atoms with E-state index in [-0.39, 0.29) is 17.9 Å². The van der Waals surface area contributed by atoms with Crippen molar-refractivity contribution in [2.75, 3.05) is 26.2 Å². The Morgan fingerprint density at radius 1 is 1.43 bits per heavy atom. The molecule has 4 nitrogen and oxygen atoms in total. The Kier molecular flexibility index (Phi) is 6.49.